The van der Waals surface area contributed by atoms with Crippen LogP contribution in [0.3, 0.4) is 0 Å². The third kappa shape index (κ3) is 5.18. The van der Waals surface area contributed by atoms with Crippen molar-refractivity contribution in [1.29, 1.82) is 0 Å². The van der Waals surface area contributed by atoms with E-state index in [1.165, 1.54) is 17.4 Å². The van der Waals surface area contributed by atoms with Crippen LogP contribution in [0.2, 0.25) is 0 Å². The van der Waals surface area contributed by atoms with Crippen molar-refractivity contribution >= 4 is 45.5 Å². The number of esters is 3. The molecular formula is C22H22N2O6S. The Kier molecular flexibility index (Phi) is 7.19. The normalized spacial score (nSPS) is 11.1. The maximum atomic E-state index is 12.4. The summed E-state index contributed by atoms with van der Waals surface area (Å²) < 4.78 is 16.4. The van der Waals surface area contributed by atoms with Crippen LogP contribution in [-0.4, -0.2) is 41.1 Å². The number of rotatable bonds is 8. The first-order valence-corrected chi connectivity index (χ1v) is 10.5. The summed E-state index contributed by atoms with van der Waals surface area (Å²) in [6.07, 6.45) is 2.84. The lowest BCUT2D eigenvalue weighted by molar-refractivity contribution is -0.139. The van der Waals surface area contributed by atoms with Crippen molar-refractivity contribution in [1.82, 2.24) is 9.97 Å². The van der Waals surface area contributed by atoms with Gasteiger partial charge in [-0.1, -0.05) is 12.1 Å². The van der Waals surface area contributed by atoms with Gasteiger partial charge in [-0.3, -0.25) is 0 Å². The summed E-state index contributed by atoms with van der Waals surface area (Å²) in [5.41, 5.74) is 1.79. The zero-order valence-corrected chi connectivity index (χ0v) is 18.2. The fraction of sp³-hybridized carbons (Fsp3) is 0.273. The summed E-state index contributed by atoms with van der Waals surface area (Å²) in [5, 5.41) is 0.672. The summed E-state index contributed by atoms with van der Waals surface area (Å²) in [4.78, 5) is 44.0. The van der Waals surface area contributed by atoms with Crippen molar-refractivity contribution in [3.63, 3.8) is 0 Å². The van der Waals surface area contributed by atoms with Crippen molar-refractivity contribution < 1.29 is 28.6 Å². The molecule has 0 spiro atoms. The van der Waals surface area contributed by atoms with Crippen LogP contribution in [0.15, 0.2) is 30.3 Å². The predicted octanol–water partition coefficient (Wildman–Crippen LogP) is 4.04. The number of aromatic nitrogens is 2. The molecule has 0 aliphatic heterocycles. The minimum Gasteiger partial charge on any atom is -0.462 e. The van der Waals surface area contributed by atoms with Crippen LogP contribution >= 0.6 is 11.3 Å². The second-order valence-corrected chi connectivity index (χ2v) is 7.44. The lowest BCUT2D eigenvalue weighted by Gasteiger charge is -2.05. The Morgan fingerprint density at radius 3 is 2.48 bits per heavy atom. The van der Waals surface area contributed by atoms with Crippen molar-refractivity contribution in [3.8, 4) is 0 Å². The van der Waals surface area contributed by atoms with Gasteiger partial charge in [0, 0.05) is 6.08 Å². The number of hydrogen-bond acceptors (Lipinski definition) is 8. The molecular weight excluding hydrogens is 420 g/mol. The predicted molar refractivity (Wildman–Crippen MR) is 116 cm³/mol. The number of carbonyl (C=O) groups is 3. The number of nitrogens with zero attached hydrogens (tertiary/aromatic N) is 1. The highest BCUT2D eigenvalue weighted by molar-refractivity contribution is 7.19. The second kappa shape index (κ2) is 10.0. The summed E-state index contributed by atoms with van der Waals surface area (Å²) in [6, 6.07) is 7.67. The Morgan fingerprint density at radius 2 is 1.77 bits per heavy atom. The van der Waals surface area contributed by atoms with Crippen LogP contribution in [0.4, 0.5) is 0 Å². The molecule has 2 heterocycles. The Bertz CT molecular complexity index is 1110. The molecule has 8 nitrogen and oxygen atoms in total. The standard InChI is InChI=1S/C22H22N2O6S/c1-4-28-21(26)19-13(3)20(22(27)29-5-2)24-15(19)12-30-18(25)11-10-17-23-14-8-6-7-9-16(14)31-17/h6-11,24H,4-5,12H2,1-3H3/b11-10+. The number of hydrogen-bond donors (Lipinski definition) is 1. The highest BCUT2D eigenvalue weighted by Gasteiger charge is 2.26. The summed E-state index contributed by atoms with van der Waals surface area (Å²) in [7, 11) is 0. The van der Waals surface area contributed by atoms with Gasteiger partial charge in [-0.05, 0) is 44.5 Å². The smallest absolute Gasteiger partial charge is 0.355 e. The molecule has 0 bridgehead atoms. The maximum absolute atomic E-state index is 12.4. The van der Waals surface area contributed by atoms with Gasteiger partial charge < -0.3 is 19.2 Å². The molecule has 1 aromatic carbocycles. The molecule has 2 aromatic heterocycles. The number of aromatic amines is 1. The topological polar surface area (TPSA) is 108 Å². The van der Waals surface area contributed by atoms with Crippen molar-refractivity contribution in [2.45, 2.75) is 27.4 Å². The van der Waals surface area contributed by atoms with E-state index in [1.54, 1.807) is 26.8 Å². The minimum absolute atomic E-state index is 0.126. The highest BCUT2D eigenvalue weighted by atomic mass is 32.1. The van der Waals surface area contributed by atoms with Gasteiger partial charge in [-0.15, -0.1) is 11.3 Å². The molecule has 0 fully saturated rings. The Hall–Kier alpha value is -3.46. The molecule has 3 aromatic rings. The molecule has 0 saturated carbocycles. The minimum atomic E-state index is -0.612. The maximum Gasteiger partial charge on any atom is 0.355 e. The molecule has 0 atom stereocenters. The van der Waals surface area contributed by atoms with Crippen LogP contribution < -0.4 is 0 Å². The van der Waals surface area contributed by atoms with Crippen molar-refractivity contribution in [2.75, 3.05) is 13.2 Å². The van der Waals surface area contributed by atoms with E-state index >= 15 is 0 Å². The fourth-order valence-electron chi connectivity index (χ4n) is 2.95. The van der Waals surface area contributed by atoms with E-state index in [9.17, 15) is 14.4 Å². The number of fused-ring (bicyclic) bond motifs is 1. The van der Waals surface area contributed by atoms with Gasteiger partial charge in [-0.2, -0.15) is 0 Å². The SMILES string of the molecule is CCOC(=O)c1[nH]c(COC(=O)/C=C/c2nc3ccccc3s2)c(C(=O)OCC)c1C. The molecule has 9 heteroatoms. The molecule has 0 saturated heterocycles. The van der Waals surface area contributed by atoms with Crippen molar-refractivity contribution in [3.05, 3.63) is 57.9 Å². The number of benzene rings is 1. The van der Waals surface area contributed by atoms with E-state index in [4.69, 9.17) is 14.2 Å². The molecule has 162 valence electrons. The van der Waals surface area contributed by atoms with Gasteiger partial charge in [0.1, 0.15) is 17.3 Å². The summed E-state index contributed by atoms with van der Waals surface area (Å²) >= 11 is 1.45. The number of H-pyrrole nitrogens is 1. The van der Waals surface area contributed by atoms with Gasteiger partial charge in [0.05, 0.1) is 34.7 Å². The zero-order valence-electron chi connectivity index (χ0n) is 17.4. The van der Waals surface area contributed by atoms with Crippen LogP contribution in [0.5, 0.6) is 0 Å². The number of thiazole rings is 1. The first kappa shape index (κ1) is 22.2. The van der Waals surface area contributed by atoms with Gasteiger partial charge in [-0.25, -0.2) is 19.4 Å². The first-order valence-electron chi connectivity index (χ1n) is 9.70. The number of nitrogens with one attached hydrogen (secondary N) is 1. The molecule has 0 aliphatic carbocycles. The van der Waals surface area contributed by atoms with Gasteiger partial charge >= 0.3 is 17.9 Å². The number of para-hydroxylation sites is 1. The largest absolute Gasteiger partial charge is 0.462 e. The molecule has 0 radical (unpaired) electrons. The van der Waals surface area contributed by atoms with Crippen LogP contribution in [-0.2, 0) is 25.6 Å². The van der Waals surface area contributed by atoms with E-state index in [-0.39, 0.29) is 36.8 Å². The molecule has 1 N–H and O–H groups in total. The van der Waals surface area contributed by atoms with Crippen molar-refractivity contribution in [2.24, 2.45) is 0 Å². The number of ether oxygens (including phenoxy) is 3. The summed E-state index contributed by atoms with van der Waals surface area (Å²) in [5.74, 6) is -1.82. The van der Waals surface area contributed by atoms with Crippen LogP contribution in [0.1, 0.15) is 51.0 Å². The van der Waals surface area contributed by atoms with E-state index in [0.29, 0.717) is 10.6 Å². The van der Waals surface area contributed by atoms with E-state index in [0.717, 1.165) is 10.2 Å². The monoisotopic (exact) mass is 442 g/mol. The molecule has 0 amide bonds. The van der Waals surface area contributed by atoms with Crippen LogP contribution in [0, 0.1) is 6.92 Å². The summed E-state index contributed by atoms with van der Waals surface area (Å²) in [6.45, 7) is 5.08. The third-order valence-corrected chi connectivity index (χ3v) is 5.32. The Morgan fingerprint density at radius 1 is 1.06 bits per heavy atom. The van der Waals surface area contributed by atoms with Gasteiger partial charge in [0.25, 0.3) is 0 Å². The highest BCUT2D eigenvalue weighted by Crippen LogP contribution is 2.23. The van der Waals surface area contributed by atoms with E-state index < -0.39 is 17.9 Å². The molecule has 3 rings (SSSR count). The quantitative estimate of drug-likeness (QED) is 0.319. The van der Waals surface area contributed by atoms with Crippen LogP contribution in [0.25, 0.3) is 16.3 Å². The van der Waals surface area contributed by atoms with Gasteiger partial charge in [0.15, 0.2) is 0 Å². The molecule has 31 heavy (non-hydrogen) atoms. The van der Waals surface area contributed by atoms with E-state index in [1.807, 2.05) is 24.3 Å². The second-order valence-electron chi connectivity index (χ2n) is 6.38. The van der Waals surface area contributed by atoms with Gasteiger partial charge in [0.2, 0.25) is 0 Å². The Labute approximate surface area is 182 Å². The fourth-order valence-corrected chi connectivity index (χ4v) is 3.82. The average molecular weight is 442 g/mol. The van der Waals surface area contributed by atoms with E-state index in [2.05, 4.69) is 9.97 Å². The zero-order chi connectivity index (χ0) is 22.4. The molecule has 0 unspecified atom stereocenters. The lowest BCUT2D eigenvalue weighted by Crippen LogP contribution is -2.10. The Balaban J connectivity index is 1.74. The lowest BCUT2D eigenvalue weighted by atomic mass is 10.1. The third-order valence-electron chi connectivity index (χ3n) is 4.32. The average Bonchev–Trinajstić information content (AvgIpc) is 3.31. The molecule has 0 aliphatic rings. The first-order chi connectivity index (χ1) is 14.9. The number of carbonyl (C=O) groups excluding carboxylic acids is 3.